The van der Waals surface area contributed by atoms with Gasteiger partial charge in [-0.2, -0.15) is 0 Å². The lowest BCUT2D eigenvalue weighted by molar-refractivity contribution is -0.169. The van der Waals surface area contributed by atoms with Gasteiger partial charge in [0.2, 0.25) is 0 Å². The van der Waals surface area contributed by atoms with E-state index in [0.29, 0.717) is 17.5 Å². The van der Waals surface area contributed by atoms with Gasteiger partial charge in [0.25, 0.3) is 0 Å². The first-order valence-electron chi connectivity index (χ1n) is 10.0. The number of ether oxygens (including phenoxy) is 2. The fourth-order valence-corrected chi connectivity index (χ4v) is 5.44. The van der Waals surface area contributed by atoms with Crippen LogP contribution in [-0.2, 0) is 19.1 Å². The predicted octanol–water partition coefficient (Wildman–Crippen LogP) is 3.81. The molecule has 2 aliphatic carbocycles. The van der Waals surface area contributed by atoms with Gasteiger partial charge in [0.05, 0.1) is 26.1 Å². The molecule has 5 atom stereocenters. The number of rotatable bonds is 6. The van der Waals surface area contributed by atoms with Crippen LogP contribution in [0.4, 0.5) is 0 Å². The number of Topliss-reactive ketones (excluding diaryl/α,β-unsaturated/α-hetero) is 1. The standard InChI is InChI=1S/C25H24O5/c1-29-23(27)21-18-13-14-19(15-18)25(21,24(28)30-2)20(16-9-5-3-6-10-16)22(26)17-11-7-4-8-12-17/h3-14,18-21H,15H2,1-2H3/t18-,19+,20?,21+,25-/m0/s1. The Labute approximate surface area is 175 Å². The molecule has 5 heteroatoms. The Bertz CT molecular complexity index is 981. The minimum Gasteiger partial charge on any atom is -0.469 e. The van der Waals surface area contributed by atoms with E-state index < -0.39 is 29.2 Å². The molecule has 0 heterocycles. The summed E-state index contributed by atoms with van der Waals surface area (Å²) in [5.74, 6) is -3.37. The van der Waals surface area contributed by atoms with Crippen LogP contribution in [0.25, 0.3) is 0 Å². The maximum atomic E-state index is 13.9. The van der Waals surface area contributed by atoms with Gasteiger partial charge < -0.3 is 9.47 Å². The number of hydrogen-bond acceptors (Lipinski definition) is 5. The lowest BCUT2D eigenvalue weighted by Gasteiger charge is -2.43. The summed E-state index contributed by atoms with van der Waals surface area (Å²) in [6.45, 7) is 0. The molecule has 0 aliphatic heterocycles. The van der Waals surface area contributed by atoms with Crippen LogP contribution in [0.2, 0.25) is 0 Å². The van der Waals surface area contributed by atoms with Crippen LogP contribution in [0.1, 0.15) is 28.3 Å². The predicted molar refractivity (Wildman–Crippen MR) is 111 cm³/mol. The average molecular weight is 404 g/mol. The van der Waals surface area contributed by atoms with Crippen LogP contribution in [0.3, 0.4) is 0 Å². The molecule has 0 aromatic heterocycles. The van der Waals surface area contributed by atoms with E-state index in [1.165, 1.54) is 14.2 Å². The summed E-state index contributed by atoms with van der Waals surface area (Å²) in [5, 5.41) is 0. The van der Waals surface area contributed by atoms with Gasteiger partial charge in [-0.15, -0.1) is 0 Å². The molecular formula is C25H24O5. The Kier molecular flexibility index (Phi) is 5.29. The lowest BCUT2D eigenvalue weighted by atomic mass is 9.57. The molecule has 2 aliphatic rings. The van der Waals surface area contributed by atoms with Crippen LogP contribution in [-0.4, -0.2) is 31.9 Å². The third-order valence-electron chi connectivity index (χ3n) is 6.60. The van der Waals surface area contributed by atoms with Gasteiger partial charge in [-0.25, -0.2) is 0 Å². The Balaban J connectivity index is 1.98. The van der Waals surface area contributed by atoms with Crippen LogP contribution in [0.15, 0.2) is 72.8 Å². The van der Waals surface area contributed by atoms with Crippen molar-refractivity contribution in [2.75, 3.05) is 14.2 Å². The second kappa shape index (κ2) is 7.90. The summed E-state index contributed by atoms with van der Waals surface area (Å²) in [5.41, 5.74) is -0.188. The molecule has 1 fully saturated rings. The van der Waals surface area contributed by atoms with Crippen LogP contribution in [0.5, 0.6) is 0 Å². The molecule has 0 saturated heterocycles. The zero-order valence-corrected chi connectivity index (χ0v) is 17.0. The highest BCUT2D eigenvalue weighted by molar-refractivity contribution is 6.06. The van der Waals surface area contributed by atoms with Crippen molar-refractivity contribution in [1.29, 1.82) is 0 Å². The number of carbonyl (C=O) groups is 3. The number of fused-ring (bicyclic) bond motifs is 2. The van der Waals surface area contributed by atoms with Crippen molar-refractivity contribution < 1.29 is 23.9 Å². The lowest BCUT2D eigenvalue weighted by Crippen LogP contribution is -2.52. The molecule has 2 aromatic rings. The number of allylic oxidation sites excluding steroid dienone is 2. The zero-order chi connectivity index (χ0) is 21.3. The molecule has 2 bridgehead atoms. The van der Waals surface area contributed by atoms with Crippen molar-refractivity contribution in [3.8, 4) is 0 Å². The van der Waals surface area contributed by atoms with E-state index in [9.17, 15) is 14.4 Å². The van der Waals surface area contributed by atoms with Gasteiger partial charge in [0.1, 0.15) is 5.41 Å². The number of carbonyl (C=O) groups excluding carboxylic acids is 3. The molecule has 154 valence electrons. The largest absolute Gasteiger partial charge is 0.469 e. The van der Waals surface area contributed by atoms with E-state index in [0.717, 1.165) is 0 Å². The number of methoxy groups -OCH3 is 2. The summed E-state index contributed by atoms with van der Waals surface area (Å²) in [7, 11) is 2.62. The number of esters is 2. The average Bonchev–Trinajstić information content (AvgIpc) is 3.40. The van der Waals surface area contributed by atoms with E-state index >= 15 is 0 Å². The second-order valence-electron chi connectivity index (χ2n) is 7.89. The molecule has 0 radical (unpaired) electrons. The Morgan fingerprint density at radius 1 is 0.900 bits per heavy atom. The second-order valence-corrected chi connectivity index (χ2v) is 7.89. The minimum atomic E-state index is -1.37. The highest BCUT2D eigenvalue weighted by Crippen LogP contribution is 2.63. The first-order valence-corrected chi connectivity index (χ1v) is 10.0. The fraction of sp³-hybridized carbons (Fsp3) is 0.320. The van der Waals surface area contributed by atoms with Gasteiger partial charge in [-0.3, -0.25) is 14.4 Å². The molecule has 0 amide bonds. The fourth-order valence-electron chi connectivity index (χ4n) is 5.44. The van der Waals surface area contributed by atoms with Crippen LogP contribution >= 0.6 is 0 Å². The molecule has 2 aromatic carbocycles. The third-order valence-corrected chi connectivity index (χ3v) is 6.60. The zero-order valence-electron chi connectivity index (χ0n) is 17.0. The van der Waals surface area contributed by atoms with E-state index in [1.807, 2.05) is 48.6 Å². The van der Waals surface area contributed by atoms with Gasteiger partial charge in [-0.05, 0) is 23.8 Å². The molecule has 30 heavy (non-hydrogen) atoms. The first-order chi connectivity index (χ1) is 14.6. The van der Waals surface area contributed by atoms with Gasteiger partial charge in [0.15, 0.2) is 5.78 Å². The molecule has 0 N–H and O–H groups in total. The summed E-state index contributed by atoms with van der Waals surface area (Å²) < 4.78 is 10.4. The number of ketones is 1. The molecule has 0 spiro atoms. The SMILES string of the molecule is COC(=O)[C@H]1[C@H]2C=C[C@H](C2)[C@]1(C(=O)OC)C(C(=O)c1ccccc1)c1ccccc1. The van der Waals surface area contributed by atoms with Crippen LogP contribution < -0.4 is 0 Å². The maximum Gasteiger partial charge on any atom is 0.314 e. The van der Waals surface area contributed by atoms with Crippen molar-refractivity contribution in [2.45, 2.75) is 12.3 Å². The topological polar surface area (TPSA) is 69.7 Å². The molecule has 1 saturated carbocycles. The molecule has 4 rings (SSSR count). The molecule has 1 unspecified atom stereocenters. The summed E-state index contributed by atoms with van der Waals surface area (Å²) >= 11 is 0. The van der Waals surface area contributed by atoms with Crippen molar-refractivity contribution in [3.63, 3.8) is 0 Å². The van der Waals surface area contributed by atoms with E-state index in [4.69, 9.17) is 9.47 Å². The van der Waals surface area contributed by atoms with Gasteiger partial charge >= 0.3 is 11.9 Å². The minimum absolute atomic E-state index is 0.170. The maximum absolute atomic E-state index is 13.9. The van der Waals surface area contributed by atoms with Crippen molar-refractivity contribution in [2.24, 2.45) is 23.2 Å². The van der Waals surface area contributed by atoms with Crippen molar-refractivity contribution in [1.82, 2.24) is 0 Å². The Hall–Kier alpha value is -3.21. The van der Waals surface area contributed by atoms with Crippen LogP contribution in [0, 0.1) is 23.2 Å². The number of hydrogen-bond donors (Lipinski definition) is 0. The van der Waals surface area contributed by atoms with E-state index in [-0.39, 0.29) is 17.6 Å². The van der Waals surface area contributed by atoms with Gasteiger partial charge in [0, 0.05) is 5.56 Å². The highest BCUT2D eigenvalue weighted by atomic mass is 16.5. The quantitative estimate of drug-likeness (QED) is 0.416. The van der Waals surface area contributed by atoms with Crippen molar-refractivity contribution >= 4 is 17.7 Å². The van der Waals surface area contributed by atoms with E-state index in [1.54, 1.807) is 24.3 Å². The first kappa shape index (κ1) is 20.1. The third kappa shape index (κ3) is 2.88. The molecule has 5 nitrogen and oxygen atoms in total. The van der Waals surface area contributed by atoms with Crippen molar-refractivity contribution in [3.05, 3.63) is 83.9 Å². The summed E-state index contributed by atoms with van der Waals surface area (Å²) in [6.07, 6.45) is 4.53. The Morgan fingerprint density at radius 2 is 1.53 bits per heavy atom. The summed E-state index contributed by atoms with van der Waals surface area (Å²) in [6, 6.07) is 18.1. The smallest absolute Gasteiger partial charge is 0.314 e. The summed E-state index contributed by atoms with van der Waals surface area (Å²) in [4.78, 5) is 40.4. The normalized spacial score (nSPS) is 27.5. The molecular weight excluding hydrogens is 380 g/mol. The monoisotopic (exact) mass is 404 g/mol. The number of benzene rings is 2. The Morgan fingerprint density at radius 3 is 2.13 bits per heavy atom. The van der Waals surface area contributed by atoms with E-state index in [2.05, 4.69) is 0 Å². The highest BCUT2D eigenvalue weighted by Gasteiger charge is 2.69. The van der Waals surface area contributed by atoms with Gasteiger partial charge in [-0.1, -0.05) is 72.8 Å².